The molecule has 1 aromatic rings. The van der Waals surface area contributed by atoms with Crippen molar-refractivity contribution < 1.29 is 19.7 Å². The van der Waals surface area contributed by atoms with E-state index in [0.29, 0.717) is 0 Å². The summed E-state index contributed by atoms with van der Waals surface area (Å²) in [5, 5.41) is 17.2. The van der Waals surface area contributed by atoms with Crippen LogP contribution in [-0.2, 0) is 0 Å². The smallest absolute Gasteiger partial charge is 0.341 e. The van der Waals surface area contributed by atoms with Crippen LogP contribution in [0.3, 0.4) is 0 Å². The molecule has 1 aromatic heterocycles. The van der Waals surface area contributed by atoms with Gasteiger partial charge in [-0.3, -0.25) is 4.98 Å². The molecule has 0 aromatic carbocycles. The second-order valence-electron chi connectivity index (χ2n) is 2.25. The zero-order valence-electron chi connectivity index (χ0n) is 6.80. The molecular weight excluding hydrogens is 174 g/mol. The molecule has 0 amide bonds. The summed E-state index contributed by atoms with van der Waals surface area (Å²) in [6.07, 6.45) is 2.63. The lowest BCUT2D eigenvalue weighted by atomic mass is 10.2. The van der Waals surface area contributed by atoms with E-state index >= 15 is 0 Å². The zero-order valence-corrected chi connectivity index (χ0v) is 6.80. The van der Waals surface area contributed by atoms with Gasteiger partial charge in [0.05, 0.1) is 6.61 Å². The average molecular weight is 183 g/mol. The number of carbonyl (C=O) groups is 1. The van der Waals surface area contributed by atoms with Crippen LogP contribution in [0.1, 0.15) is 10.4 Å². The van der Waals surface area contributed by atoms with E-state index in [9.17, 15) is 4.79 Å². The third kappa shape index (κ3) is 2.41. The Morgan fingerprint density at radius 2 is 2.38 bits per heavy atom. The minimum Gasteiger partial charge on any atom is -0.490 e. The number of carboxylic acid groups (broad SMARTS) is 1. The van der Waals surface area contributed by atoms with Gasteiger partial charge in [0, 0.05) is 12.4 Å². The lowest BCUT2D eigenvalue weighted by Crippen LogP contribution is -2.07. The first kappa shape index (κ1) is 9.47. The quantitative estimate of drug-likeness (QED) is 0.694. The highest BCUT2D eigenvalue weighted by Gasteiger charge is 2.09. The van der Waals surface area contributed by atoms with Gasteiger partial charge in [-0.1, -0.05) is 0 Å². The van der Waals surface area contributed by atoms with Gasteiger partial charge in [-0.25, -0.2) is 4.79 Å². The van der Waals surface area contributed by atoms with Gasteiger partial charge in [0.15, 0.2) is 0 Å². The van der Waals surface area contributed by atoms with Crippen LogP contribution in [0.15, 0.2) is 18.5 Å². The van der Waals surface area contributed by atoms with Crippen LogP contribution in [0, 0.1) is 0 Å². The summed E-state index contributed by atoms with van der Waals surface area (Å²) in [6, 6.07) is 1.44. The molecule has 0 spiro atoms. The van der Waals surface area contributed by atoms with Crippen LogP contribution in [-0.4, -0.2) is 34.4 Å². The monoisotopic (exact) mass is 183 g/mol. The molecule has 1 rings (SSSR count). The van der Waals surface area contributed by atoms with Crippen LogP contribution >= 0.6 is 0 Å². The Labute approximate surface area is 74.6 Å². The van der Waals surface area contributed by atoms with E-state index < -0.39 is 5.97 Å². The van der Waals surface area contributed by atoms with Crippen molar-refractivity contribution in [2.24, 2.45) is 0 Å². The van der Waals surface area contributed by atoms with Crippen LogP contribution in [0.5, 0.6) is 5.75 Å². The Balaban J connectivity index is 2.84. The van der Waals surface area contributed by atoms with Crippen molar-refractivity contribution in [1.82, 2.24) is 4.98 Å². The molecule has 70 valence electrons. The standard InChI is InChI=1S/C8H9NO4/c10-3-4-13-7-1-2-9-5-6(7)8(11)12/h1-2,5,10H,3-4H2,(H,11,12). The van der Waals surface area contributed by atoms with E-state index in [1.54, 1.807) is 0 Å². The van der Waals surface area contributed by atoms with Crippen molar-refractivity contribution in [2.75, 3.05) is 13.2 Å². The number of rotatable bonds is 4. The molecule has 1 heterocycles. The molecule has 5 heteroatoms. The molecule has 0 saturated heterocycles. The second kappa shape index (κ2) is 4.42. The minimum atomic E-state index is -1.10. The predicted octanol–water partition coefficient (Wildman–Crippen LogP) is 0.151. The largest absolute Gasteiger partial charge is 0.490 e. The van der Waals surface area contributed by atoms with E-state index in [0.717, 1.165) is 0 Å². The maximum Gasteiger partial charge on any atom is 0.341 e. The van der Waals surface area contributed by atoms with Crippen LogP contribution in [0.2, 0.25) is 0 Å². The number of aliphatic hydroxyl groups is 1. The normalized spacial score (nSPS) is 9.62. The first-order valence-electron chi connectivity index (χ1n) is 3.66. The minimum absolute atomic E-state index is 0.00375. The van der Waals surface area contributed by atoms with Crippen molar-refractivity contribution in [3.63, 3.8) is 0 Å². The maximum absolute atomic E-state index is 10.6. The summed E-state index contributed by atoms with van der Waals surface area (Å²) in [5.74, 6) is -0.877. The summed E-state index contributed by atoms with van der Waals surface area (Å²) in [6.45, 7) is -0.0777. The summed E-state index contributed by atoms with van der Waals surface area (Å²) in [5.41, 5.74) is -0.00375. The number of pyridine rings is 1. The SMILES string of the molecule is O=C(O)c1cnccc1OCCO. The van der Waals surface area contributed by atoms with Crippen LogP contribution in [0.25, 0.3) is 0 Å². The number of carboxylic acids is 1. The molecule has 0 bridgehead atoms. The van der Waals surface area contributed by atoms with E-state index in [2.05, 4.69) is 4.98 Å². The fraction of sp³-hybridized carbons (Fsp3) is 0.250. The van der Waals surface area contributed by atoms with Crippen molar-refractivity contribution in [2.45, 2.75) is 0 Å². The molecule has 0 fully saturated rings. The highest BCUT2D eigenvalue weighted by Crippen LogP contribution is 2.15. The second-order valence-corrected chi connectivity index (χ2v) is 2.25. The zero-order chi connectivity index (χ0) is 9.68. The molecule has 0 aliphatic heterocycles. The van der Waals surface area contributed by atoms with E-state index in [1.807, 2.05) is 0 Å². The fourth-order valence-electron chi connectivity index (χ4n) is 0.824. The van der Waals surface area contributed by atoms with Gasteiger partial charge in [-0.05, 0) is 6.07 Å². The van der Waals surface area contributed by atoms with Gasteiger partial charge < -0.3 is 14.9 Å². The number of aromatic nitrogens is 1. The van der Waals surface area contributed by atoms with Crippen LogP contribution < -0.4 is 4.74 Å². The number of aliphatic hydroxyl groups excluding tert-OH is 1. The van der Waals surface area contributed by atoms with Gasteiger partial charge in [-0.2, -0.15) is 0 Å². The Kier molecular flexibility index (Phi) is 3.22. The van der Waals surface area contributed by atoms with Gasteiger partial charge in [0.1, 0.15) is 17.9 Å². The van der Waals surface area contributed by atoms with Crippen LogP contribution in [0.4, 0.5) is 0 Å². The fourth-order valence-corrected chi connectivity index (χ4v) is 0.824. The molecule has 0 saturated carbocycles. The highest BCUT2D eigenvalue weighted by molar-refractivity contribution is 5.90. The van der Waals surface area contributed by atoms with Crippen molar-refractivity contribution in [3.05, 3.63) is 24.0 Å². The van der Waals surface area contributed by atoms with Crippen molar-refractivity contribution >= 4 is 5.97 Å². The van der Waals surface area contributed by atoms with Gasteiger partial charge in [0.25, 0.3) is 0 Å². The molecule has 0 aliphatic rings. The Morgan fingerprint density at radius 3 is 3.00 bits per heavy atom. The molecule has 0 unspecified atom stereocenters. The number of aromatic carboxylic acids is 1. The lowest BCUT2D eigenvalue weighted by Gasteiger charge is -2.05. The van der Waals surface area contributed by atoms with E-state index in [4.69, 9.17) is 14.9 Å². The van der Waals surface area contributed by atoms with Gasteiger partial charge in [-0.15, -0.1) is 0 Å². The number of nitrogens with zero attached hydrogens (tertiary/aromatic N) is 1. The molecule has 0 aliphatic carbocycles. The summed E-state index contributed by atoms with van der Waals surface area (Å²) in [4.78, 5) is 14.3. The topological polar surface area (TPSA) is 79.7 Å². The lowest BCUT2D eigenvalue weighted by molar-refractivity contribution is 0.0690. The number of hydrogen-bond donors (Lipinski definition) is 2. The van der Waals surface area contributed by atoms with Crippen molar-refractivity contribution in [1.29, 1.82) is 0 Å². The summed E-state index contributed by atoms with van der Waals surface area (Å²) in [7, 11) is 0. The Hall–Kier alpha value is -1.62. The molecule has 5 nitrogen and oxygen atoms in total. The first-order valence-corrected chi connectivity index (χ1v) is 3.66. The Bertz CT molecular complexity index is 300. The molecule has 13 heavy (non-hydrogen) atoms. The number of ether oxygens (including phenoxy) is 1. The highest BCUT2D eigenvalue weighted by atomic mass is 16.5. The predicted molar refractivity (Wildman–Crippen MR) is 43.8 cm³/mol. The molecular formula is C8H9NO4. The van der Waals surface area contributed by atoms with E-state index in [1.165, 1.54) is 18.5 Å². The average Bonchev–Trinajstić information content (AvgIpc) is 2.15. The maximum atomic E-state index is 10.6. The summed E-state index contributed by atoms with van der Waals surface area (Å²) < 4.78 is 4.98. The molecule has 0 radical (unpaired) electrons. The number of hydrogen-bond acceptors (Lipinski definition) is 4. The molecule has 0 atom stereocenters. The third-order valence-corrected chi connectivity index (χ3v) is 1.36. The van der Waals surface area contributed by atoms with Crippen molar-refractivity contribution in [3.8, 4) is 5.75 Å². The first-order chi connectivity index (χ1) is 6.25. The third-order valence-electron chi connectivity index (χ3n) is 1.36. The summed E-state index contributed by atoms with van der Waals surface area (Å²) >= 11 is 0. The Morgan fingerprint density at radius 1 is 1.62 bits per heavy atom. The van der Waals surface area contributed by atoms with E-state index in [-0.39, 0.29) is 24.5 Å². The van der Waals surface area contributed by atoms with Gasteiger partial charge >= 0.3 is 5.97 Å². The van der Waals surface area contributed by atoms with Gasteiger partial charge in [0.2, 0.25) is 0 Å². The molecule has 2 N–H and O–H groups in total.